The van der Waals surface area contributed by atoms with E-state index >= 15 is 0 Å². The second kappa shape index (κ2) is 6.26. The zero-order valence-corrected chi connectivity index (χ0v) is 10.7. The molecular weight excluding hydrogens is 256 g/mol. The molecule has 0 heterocycles. The molecule has 0 fully saturated rings. The Morgan fingerprint density at radius 2 is 1.89 bits per heavy atom. The molecule has 19 heavy (non-hydrogen) atoms. The van der Waals surface area contributed by atoms with E-state index in [0.717, 1.165) is 6.42 Å². The van der Waals surface area contributed by atoms with Gasteiger partial charge in [0.25, 0.3) is 0 Å². The van der Waals surface area contributed by atoms with Crippen LogP contribution in [0.1, 0.15) is 37.0 Å². The summed E-state index contributed by atoms with van der Waals surface area (Å²) in [4.78, 5) is 22.7. The van der Waals surface area contributed by atoms with Crippen LogP contribution >= 0.6 is 0 Å². The molecule has 1 rings (SSSR count). The Labute approximate surface area is 109 Å². The molecule has 1 amide bonds. The number of rotatable bonds is 5. The highest BCUT2D eigenvalue weighted by Crippen LogP contribution is 2.21. The molecule has 0 aliphatic rings. The Balaban J connectivity index is 3.03. The minimum absolute atomic E-state index is 0.237. The van der Waals surface area contributed by atoms with Crippen LogP contribution in [0.4, 0.5) is 14.5 Å². The average molecular weight is 271 g/mol. The molecule has 0 bridgehead atoms. The van der Waals surface area contributed by atoms with Gasteiger partial charge in [-0.15, -0.1) is 0 Å². The summed E-state index contributed by atoms with van der Waals surface area (Å²) < 4.78 is 26.1. The maximum atomic E-state index is 13.1. The molecule has 1 aromatic carbocycles. The molecule has 0 spiro atoms. The van der Waals surface area contributed by atoms with Gasteiger partial charge in [-0.2, -0.15) is 0 Å². The SMILES string of the molecule is CCCC(C)C(=O)Nc1cc(F)c(F)cc1C(=O)O. The van der Waals surface area contributed by atoms with Gasteiger partial charge in [0.2, 0.25) is 5.91 Å². The highest BCUT2D eigenvalue weighted by atomic mass is 19.2. The second-order valence-corrected chi connectivity index (χ2v) is 4.30. The summed E-state index contributed by atoms with van der Waals surface area (Å²) in [5.74, 6) is -4.66. The van der Waals surface area contributed by atoms with Crippen molar-refractivity contribution in [2.24, 2.45) is 5.92 Å². The van der Waals surface area contributed by atoms with Gasteiger partial charge in [0, 0.05) is 12.0 Å². The number of hydrogen-bond donors (Lipinski definition) is 2. The van der Waals surface area contributed by atoms with Gasteiger partial charge in [0.15, 0.2) is 11.6 Å². The number of carbonyl (C=O) groups is 2. The lowest BCUT2D eigenvalue weighted by Crippen LogP contribution is -2.22. The average Bonchev–Trinajstić information content (AvgIpc) is 2.33. The molecule has 1 aromatic rings. The fourth-order valence-electron chi connectivity index (χ4n) is 1.65. The third-order valence-corrected chi connectivity index (χ3v) is 2.72. The molecule has 104 valence electrons. The van der Waals surface area contributed by atoms with E-state index in [2.05, 4.69) is 5.32 Å². The first-order chi connectivity index (χ1) is 8.86. The van der Waals surface area contributed by atoms with Gasteiger partial charge < -0.3 is 10.4 Å². The zero-order valence-electron chi connectivity index (χ0n) is 10.7. The summed E-state index contributed by atoms with van der Waals surface area (Å²) in [6, 6.07) is 1.23. The van der Waals surface area contributed by atoms with Crippen LogP contribution in [0.3, 0.4) is 0 Å². The largest absolute Gasteiger partial charge is 0.478 e. The number of amides is 1. The van der Waals surface area contributed by atoms with Crippen molar-refractivity contribution in [3.05, 3.63) is 29.3 Å². The number of carboxylic acids is 1. The molecule has 2 N–H and O–H groups in total. The third-order valence-electron chi connectivity index (χ3n) is 2.72. The van der Waals surface area contributed by atoms with Gasteiger partial charge in [-0.3, -0.25) is 4.79 Å². The zero-order chi connectivity index (χ0) is 14.6. The van der Waals surface area contributed by atoms with Crippen molar-refractivity contribution in [2.75, 3.05) is 5.32 Å². The summed E-state index contributed by atoms with van der Waals surface area (Å²) in [6.07, 6.45) is 1.41. The Bertz CT molecular complexity index is 503. The lowest BCUT2D eigenvalue weighted by atomic mass is 10.0. The topological polar surface area (TPSA) is 66.4 Å². The van der Waals surface area contributed by atoms with Crippen molar-refractivity contribution in [1.82, 2.24) is 0 Å². The van der Waals surface area contributed by atoms with Gasteiger partial charge in [-0.1, -0.05) is 20.3 Å². The third kappa shape index (κ3) is 3.74. The smallest absolute Gasteiger partial charge is 0.337 e. The number of carboxylic acid groups (broad SMARTS) is 1. The van der Waals surface area contributed by atoms with Crippen LogP contribution in [0.5, 0.6) is 0 Å². The maximum absolute atomic E-state index is 13.1. The number of nitrogens with one attached hydrogen (secondary N) is 1. The lowest BCUT2D eigenvalue weighted by Gasteiger charge is -2.13. The van der Waals surface area contributed by atoms with Gasteiger partial charge in [-0.25, -0.2) is 13.6 Å². The van der Waals surface area contributed by atoms with Crippen LogP contribution in [0.2, 0.25) is 0 Å². The minimum Gasteiger partial charge on any atom is -0.478 e. The van der Waals surface area contributed by atoms with Crippen LogP contribution < -0.4 is 5.32 Å². The van der Waals surface area contributed by atoms with Crippen LogP contribution in [-0.2, 0) is 4.79 Å². The molecule has 0 saturated heterocycles. The highest BCUT2D eigenvalue weighted by Gasteiger charge is 2.19. The Kier molecular flexibility index (Phi) is 4.97. The second-order valence-electron chi connectivity index (χ2n) is 4.30. The van der Waals surface area contributed by atoms with E-state index < -0.39 is 29.1 Å². The predicted molar refractivity (Wildman–Crippen MR) is 66.0 cm³/mol. The highest BCUT2D eigenvalue weighted by molar-refractivity contribution is 6.01. The summed E-state index contributed by atoms with van der Waals surface area (Å²) >= 11 is 0. The monoisotopic (exact) mass is 271 g/mol. The molecule has 0 radical (unpaired) electrons. The van der Waals surface area contributed by atoms with Crippen molar-refractivity contribution in [3.63, 3.8) is 0 Å². The summed E-state index contributed by atoms with van der Waals surface area (Å²) in [6.45, 7) is 3.59. The van der Waals surface area contributed by atoms with Gasteiger partial charge in [0.05, 0.1) is 11.3 Å². The maximum Gasteiger partial charge on any atom is 0.337 e. The Morgan fingerprint density at radius 3 is 2.42 bits per heavy atom. The molecule has 0 aliphatic carbocycles. The van der Waals surface area contributed by atoms with Gasteiger partial charge >= 0.3 is 5.97 Å². The van der Waals surface area contributed by atoms with E-state index in [1.807, 2.05) is 6.92 Å². The van der Waals surface area contributed by atoms with Crippen LogP contribution in [-0.4, -0.2) is 17.0 Å². The molecular formula is C13H15F2NO3. The molecule has 6 heteroatoms. The molecule has 4 nitrogen and oxygen atoms in total. The van der Waals surface area contributed by atoms with Crippen molar-refractivity contribution < 1.29 is 23.5 Å². The number of carbonyl (C=O) groups excluding carboxylic acids is 1. The number of benzene rings is 1. The molecule has 0 aromatic heterocycles. The van der Waals surface area contributed by atoms with Crippen LogP contribution in [0.15, 0.2) is 12.1 Å². The van der Waals surface area contributed by atoms with Gasteiger partial charge in [0.1, 0.15) is 0 Å². The van der Waals surface area contributed by atoms with Gasteiger partial charge in [-0.05, 0) is 12.5 Å². The minimum atomic E-state index is -1.43. The molecule has 1 unspecified atom stereocenters. The van der Waals surface area contributed by atoms with Crippen LogP contribution in [0, 0.1) is 17.6 Å². The quantitative estimate of drug-likeness (QED) is 0.865. The number of halogens is 2. The normalized spacial score (nSPS) is 12.0. The summed E-state index contributed by atoms with van der Waals surface area (Å²) in [5, 5.41) is 11.2. The molecule has 0 saturated carbocycles. The molecule has 0 aliphatic heterocycles. The summed E-state index contributed by atoms with van der Waals surface area (Å²) in [5.41, 5.74) is -0.713. The Hall–Kier alpha value is -1.98. The lowest BCUT2D eigenvalue weighted by molar-refractivity contribution is -0.119. The number of aromatic carboxylic acids is 1. The van der Waals surface area contributed by atoms with E-state index in [9.17, 15) is 18.4 Å². The fraction of sp³-hybridized carbons (Fsp3) is 0.385. The number of anilines is 1. The standard InChI is InChI=1S/C13H15F2NO3/c1-3-4-7(2)12(17)16-11-6-10(15)9(14)5-8(11)13(18)19/h5-7H,3-4H2,1-2H3,(H,16,17)(H,18,19). The number of hydrogen-bond acceptors (Lipinski definition) is 2. The summed E-state index contributed by atoms with van der Waals surface area (Å²) in [7, 11) is 0. The first-order valence-electron chi connectivity index (χ1n) is 5.90. The predicted octanol–water partition coefficient (Wildman–Crippen LogP) is 3.04. The van der Waals surface area contributed by atoms with E-state index in [4.69, 9.17) is 5.11 Å². The van der Waals surface area contributed by atoms with Crippen molar-refractivity contribution >= 4 is 17.6 Å². The van der Waals surface area contributed by atoms with Crippen molar-refractivity contribution in [2.45, 2.75) is 26.7 Å². The van der Waals surface area contributed by atoms with Crippen LogP contribution in [0.25, 0.3) is 0 Å². The first-order valence-corrected chi connectivity index (χ1v) is 5.90. The van der Waals surface area contributed by atoms with Crippen molar-refractivity contribution in [1.29, 1.82) is 0 Å². The van der Waals surface area contributed by atoms with E-state index in [0.29, 0.717) is 18.6 Å². The van der Waals surface area contributed by atoms with Crippen molar-refractivity contribution in [3.8, 4) is 0 Å². The first kappa shape index (κ1) is 15.1. The molecule has 1 atom stereocenters. The van der Waals surface area contributed by atoms with E-state index in [-0.39, 0.29) is 11.6 Å². The van der Waals surface area contributed by atoms with E-state index in [1.165, 1.54) is 0 Å². The Morgan fingerprint density at radius 1 is 1.32 bits per heavy atom. The fourth-order valence-corrected chi connectivity index (χ4v) is 1.65. The van der Waals surface area contributed by atoms with E-state index in [1.54, 1.807) is 6.92 Å².